The Hall–Kier alpha value is 0.394. The Kier molecular flexibility index (Phi) is 10.7. The minimum absolute atomic E-state index is 0. The van der Waals surface area contributed by atoms with Crippen LogP contribution in [0.25, 0.3) is 0 Å². The van der Waals surface area contributed by atoms with Gasteiger partial charge in [-0.3, -0.25) is 9.59 Å². The summed E-state index contributed by atoms with van der Waals surface area (Å²) in [4.78, 5) is 22.2. The topological polar surface area (TPSA) is 74.6 Å². The van der Waals surface area contributed by atoms with Crippen molar-refractivity contribution in [2.45, 2.75) is 19.8 Å². The average Bonchev–Trinajstić information content (AvgIpc) is 2.26. The van der Waals surface area contributed by atoms with Crippen LogP contribution in [0.1, 0.15) is 18.9 Å². The van der Waals surface area contributed by atoms with E-state index in [9.17, 15) is 9.59 Å². The van der Waals surface area contributed by atoms with E-state index in [1.165, 1.54) is 0 Å². The molecule has 0 aliphatic heterocycles. The zero-order chi connectivity index (χ0) is 12.2. The molecule has 0 radical (unpaired) electrons. The molecular formula is C12H16KLiO4. The van der Waals surface area contributed by atoms with E-state index >= 15 is 0 Å². The maximum atomic E-state index is 11.1. The van der Waals surface area contributed by atoms with Gasteiger partial charge in [-0.1, -0.05) is 37.3 Å². The zero-order valence-electron chi connectivity index (χ0n) is 9.01. The minimum atomic E-state index is -1.72. The number of carbonyl (C=O) groups is 2. The fraction of sp³-hybridized carbons (Fsp3) is 0.333. The molecule has 1 aromatic carbocycles. The molecule has 0 spiro atoms. The van der Waals surface area contributed by atoms with E-state index < -0.39 is 17.4 Å². The fourth-order valence-electron chi connectivity index (χ4n) is 1.61. The van der Waals surface area contributed by atoms with E-state index in [1.54, 1.807) is 37.3 Å². The molecule has 1 aromatic rings. The third-order valence-electron chi connectivity index (χ3n) is 2.77. The molecule has 0 aromatic heterocycles. The number of carboxylic acids is 2. The predicted octanol–water partition coefficient (Wildman–Crippen LogP) is 0.498. The number of hydrogen-bond acceptors (Lipinski definition) is 2. The summed E-state index contributed by atoms with van der Waals surface area (Å²) in [7, 11) is 0. The van der Waals surface area contributed by atoms with Crippen LogP contribution >= 0.6 is 0 Å². The van der Waals surface area contributed by atoms with Crippen LogP contribution in [0.15, 0.2) is 30.3 Å². The molecule has 0 aliphatic carbocycles. The molecule has 18 heavy (non-hydrogen) atoms. The molecule has 0 amide bonds. The number of carboxylic acid groups (broad SMARTS) is 2. The summed E-state index contributed by atoms with van der Waals surface area (Å²) in [5, 5.41) is 18.1. The van der Waals surface area contributed by atoms with Gasteiger partial charge >= 0.3 is 82.2 Å². The Morgan fingerprint density at radius 2 is 1.56 bits per heavy atom. The van der Waals surface area contributed by atoms with E-state index in [4.69, 9.17) is 10.2 Å². The quantitative estimate of drug-likeness (QED) is 0.603. The van der Waals surface area contributed by atoms with Crippen molar-refractivity contribution in [2.75, 3.05) is 0 Å². The summed E-state index contributed by atoms with van der Waals surface area (Å²) in [5.41, 5.74) is -1.00. The van der Waals surface area contributed by atoms with E-state index in [0.29, 0.717) is 5.56 Å². The number of hydrogen-bond donors (Lipinski definition) is 2. The molecule has 0 saturated heterocycles. The monoisotopic (exact) mass is 270 g/mol. The standard InChI is InChI=1S/C12H14O4.K.Li.2H/c1-2-12(10(13)14,11(15)16)8-9-6-4-3-5-7-9;;;;/h3-7H,2,8H2,1H3,(H,13,14)(H,15,16);;;;. The molecule has 2 N–H and O–H groups in total. The van der Waals surface area contributed by atoms with Crippen molar-refractivity contribution in [3.05, 3.63) is 35.9 Å². The molecule has 0 bridgehead atoms. The second kappa shape index (κ2) is 9.32. The van der Waals surface area contributed by atoms with Crippen LogP contribution in [0.3, 0.4) is 0 Å². The molecule has 4 nitrogen and oxygen atoms in total. The summed E-state index contributed by atoms with van der Waals surface area (Å²) in [6, 6.07) is 8.80. The first-order valence-electron chi connectivity index (χ1n) is 5.03. The first-order chi connectivity index (χ1) is 7.53. The zero-order valence-corrected chi connectivity index (χ0v) is 9.01. The van der Waals surface area contributed by atoms with Crippen LogP contribution in [0, 0.1) is 5.41 Å². The van der Waals surface area contributed by atoms with Gasteiger partial charge in [0.25, 0.3) is 0 Å². The van der Waals surface area contributed by atoms with Crippen molar-refractivity contribution in [1.82, 2.24) is 0 Å². The van der Waals surface area contributed by atoms with Crippen molar-refractivity contribution in [3.8, 4) is 0 Å². The number of rotatable bonds is 5. The van der Waals surface area contributed by atoms with Crippen molar-refractivity contribution in [3.63, 3.8) is 0 Å². The van der Waals surface area contributed by atoms with Gasteiger partial charge in [0.15, 0.2) is 5.41 Å². The van der Waals surface area contributed by atoms with E-state index in [2.05, 4.69) is 0 Å². The van der Waals surface area contributed by atoms with Gasteiger partial charge < -0.3 is 10.2 Å². The van der Waals surface area contributed by atoms with Crippen molar-refractivity contribution >= 4 is 82.2 Å². The normalized spacial score (nSPS) is 9.83. The number of benzene rings is 1. The summed E-state index contributed by atoms with van der Waals surface area (Å²) >= 11 is 0. The number of aliphatic carboxylic acids is 2. The van der Waals surface area contributed by atoms with Crippen LogP contribution in [0.2, 0.25) is 0 Å². The van der Waals surface area contributed by atoms with Crippen LogP contribution in [0.5, 0.6) is 0 Å². The average molecular weight is 270 g/mol. The summed E-state index contributed by atoms with van der Waals surface area (Å²) in [6.07, 6.45) is 0.0710. The molecule has 90 valence electrons. The van der Waals surface area contributed by atoms with Gasteiger partial charge in [-0.05, 0) is 18.4 Å². The van der Waals surface area contributed by atoms with Crippen molar-refractivity contribution in [1.29, 1.82) is 0 Å². The molecule has 6 heteroatoms. The van der Waals surface area contributed by atoms with Gasteiger partial charge in [0, 0.05) is 0 Å². The Morgan fingerprint density at radius 1 is 1.11 bits per heavy atom. The van der Waals surface area contributed by atoms with Gasteiger partial charge in [-0.15, -0.1) is 0 Å². The van der Waals surface area contributed by atoms with Gasteiger partial charge in [0.05, 0.1) is 0 Å². The third kappa shape index (κ3) is 4.82. The predicted molar refractivity (Wildman–Crippen MR) is 72.4 cm³/mol. The Balaban J connectivity index is 0. The van der Waals surface area contributed by atoms with Crippen LogP contribution in [0.4, 0.5) is 0 Å². The maximum absolute atomic E-state index is 11.1. The SMILES string of the molecule is CCC(Cc1ccccc1)(C(=O)O)C(=O)O.[KH].[LiH]. The van der Waals surface area contributed by atoms with Gasteiger partial charge in [0.1, 0.15) is 0 Å². The van der Waals surface area contributed by atoms with Gasteiger partial charge in [0.2, 0.25) is 0 Å². The summed E-state index contributed by atoms with van der Waals surface area (Å²) in [6.45, 7) is 1.57. The first-order valence-corrected chi connectivity index (χ1v) is 5.03. The van der Waals surface area contributed by atoms with Gasteiger partial charge in [-0.2, -0.15) is 0 Å². The van der Waals surface area contributed by atoms with Crippen LogP contribution in [-0.4, -0.2) is 92.4 Å². The molecular weight excluding hydrogens is 254 g/mol. The van der Waals surface area contributed by atoms with E-state index in [-0.39, 0.29) is 83.1 Å². The first kappa shape index (κ1) is 20.7. The van der Waals surface area contributed by atoms with E-state index in [1.807, 2.05) is 0 Å². The second-order valence-corrected chi connectivity index (χ2v) is 3.71. The van der Waals surface area contributed by atoms with Crippen molar-refractivity contribution in [2.24, 2.45) is 5.41 Å². The Labute approximate surface area is 161 Å². The summed E-state index contributed by atoms with van der Waals surface area (Å²) < 4.78 is 0. The van der Waals surface area contributed by atoms with Gasteiger partial charge in [-0.25, -0.2) is 0 Å². The molecule has 0 unspecified atom stereocenters. The summed E-state index contributed by atoms with van der Waals surface area (Å²) in [5.74, 6) is -2.57. The van der Waals surface area contributed by atoms with Crippen molar-refractivity contribution < 1.29 is 19.8 Å². The van der Waals surface area contributed by atoms with E-state index in [0.717, 1.165) is 0 Å². The Morgan fingerprint density at radius 3 is 1.89 bits per heavy atom. The van der Waals surface area contributed by atoms with Crippen LogP contribution < -0.4 is 0 Å². The molecule has 1 rings (SSSR count). The Bertz CT molecular complexity index is 380. The molecule has 0 aliphatic rings. The molecule has 0 saturated carbocycles. The van der Waals surface area contributed by atoms with Crippen LogP contribution in [-0.2, 0) is 16.0 Å². The molecule has 0 heterocycles. The molecule has 0 fully saturated rings. The second-order valence-electron chi connectivity index (χ2n) is 3.71. The fourth-order valence-corrected chi connectivity index (χ4v) is 1.61. The third-order valence-corrected chi connectivity index (χ3v) is 2.77. The molecule has 0 atom stereocenters.